The summed E-state index contributed by atoms with van der Waals surface area (Å²) in [7, 11) is 1.73. The van der Waals surface area contributed by atoms with Crippen LogP contribution < -0.4 is 0 Å². The molecule has 2 nitrogen and oxygen atoms in total. The van der Waals surface area contributed by atoms with E-state index in [2.05, 4.69) is 4.99 Å². The van der Waals surface area contributed by atoms with Gasteiger partial charge < -0.3 is 4.74 Å². The van der Waals surface area contributed by atoms with E-state index in [1.54, 1.807) is 7.11 Å². The first-order valence-corrected chi connectivity index (χ1v) is 5.01. The van der Waals surface area contributed by atoms with Gasteiger partial charge in [-0.15, -0.1) is 0 Å². The number of hydrogen-bond acceptors (Lipinski definition) is 2. The SMILES string of the molecule is COC1=NC(C2CCCC2)CC1. The second-order valence-corrected chi connectivity index (χ2v) is 3.88. The minimum Gasteiger partial charge on any atom is -0.484 e. The lowest BCUT2D eigenvalue weighted by Gasteiger charge is -2.13. The van der Waals surface area contributed by atoms with E-state index in [1.807, 2.05) is 0 Å². The van der Waals surface area contributed by atoms with Crippen molar-refractivity contribution in [3.63, 3.8) is 0 Å². The zero-order chi connectivity index (χ0) is 8.39. The summed E-state index contributed by atoms with van der Waals surface area (Å²) in [6.45, 7) is 0. The lowest BCUT2D eigenvalue weighted by atomic mass is 9.97. The van der Waals surface area contributed by atoms with Gasteiger partial charge in [0.15, 0.2) is 5.90 Å². The van der Waals surface area contributed by atoms with Crippen LogP contribution in [0.1, 0.15) is 38.5 Å². The van der Waals surface area contributed by atoms with E-state index in [9.17, 15) is 0 Å². The molecule has 1 aliphatic heterocycles. The number of hydrogen-bond donors (Lipinski definition) is 0. The molecule has 12 heavy (non-hydrogen) atoms. The molecule has 0 bridgehead atoms. The molecule has 1 fully saturated rings. The van der Waals surface area contributed by atoms with Gasteiger partial charge in [0.2, 0.25) is 0 Å². The van der Waals surface area contributed by atoms with Crippen molar-refractivity contribution in [1.82, 2.24) is 0 Å². The van der Waals surface area contributed by atoms with Crippen molar-refractivity contribution in [2.24, 2.45) is 10.9 Å². The predicted octanol–water partition coefficient (Wildman–Crippen LogP) is 2.38. The molecule has 2 aliphatic rings. The molecule has 0 saturated heterocycles. The average Bonchev–Trinajstić information content (AvgIpc) is 2.75. The molecule has 0 radical (unpaired) electrons. The smallest absolute Gasteiger partial charge is 0.183 e. The first-order valence-electron chi connectivity index (χ1n) is 5.01. The van der Waals surface area contributed by atoms with Gasteiger partial charge in [0.1, 0.15) is 0 Å². The predicted molar refractivity (Wildman–Crippen MR) is 49.4 cm³/mol. The third kappa shape index (κ3) is 1.47. The molecule has 2 heteroatoms. The highest BCUT2D eigenvalue weighted by Gasteiger charge is 2.28. The lowest BCUT2D eigenvalue weighted by molar-refractivity contribution is 0.394. The Balaban J connectivity index is 1.93. The minimum atomic E-state index is 0.599. The van der Waals surface area contributed by atoms with E-state index < -0.39 is 0 Å². The third-order valence-corrected chi connectivity index (χ3v) is 3.14. The summed E-state index contributed by atoms with van der Waals surface area (Å²) in [5.74, 6) is 1.85. The van der Waals surface area contributed by atoms with Crippen LogP contribution in [0.15, 0.2) is 4.99 Å². The zero-order valence-corrected chi connectivity index (χ0v) is 7.75. The molecule has 1 aliphatic carbocycles. The Kier molecular flexibility index (Phi) is 2.33. The van der Waals surface area contributed by atoms with Crippen molar-refractivity contribution < 1.29 is 4.74 Å². The molecule has 1 unspecified atom stereocenters. The van der Waals surface area contributed by atoms with E-state index >= 15 is 0 Å². The fourth-order valence-electron chi connectivity index (χ4n) is 2.42. The van der Waals surface area contributed by atoms with Crippen molar-refractivity contribution in [3.05, 3.63) is 0 Å². The fraction of sp³-hybridized carbons (Fsp3) is 0.900. The van der Waals surface area contributed by atoms with Crippen molar-refractivity contribution >= 4 is 5.90 Å². The molecule has 1 heterocycles. The molecular weight excluding hydrogens is 150 g/mol. The molecule has 0 N–H and O–H groups in total. The highest BCUT2D eigenvalue weighted by atomic mass is 16.5. The third-order valence-electron chi connectivity index (χ3n) is 3.14. The summed E-state index contributed by atoms with van der Waals surface area (Å²) < 4.78 is 5.15. The maximum Gasteiger partial charge on any atom is 0.183 e. The molecule has 0 aromatic carbocycles. The van der Waals surface area contributed by atoms with Gasteiger partial charge in [-0.2, -0.15) is 0 Å². The quantitative estimate of drug-likeness (QED) is 0.587. The molecule has 0 aromatic rings. The molecule has 0 amide bonds. The molecule has 0 spiro atoms. The van der Waals surface area contributed by atoms with Gasteiger partial charge in [-0.05, 0) is 25.2 Å². The summed E-state index contributed by atoms with van der Waals surface area (Å²) in [6.07, 6.45) is 7.92. The zero-order valence-electron chi connectivity index (χ0n) is 7.75. The van der Waals surface area contributed by atoms with Gasteiger partial charge in [0.25, 0.3) is 0 Å². The van der Waals surface area contributed by atoms with Crippen LogP contribution in [-0.4, -0.2) is 19.0 Å². The highest BCUT2D eigenvalue weighted by molar-refractivity contribution is 5.77. The first kappa shape index (κ1) is 8.09. The summed E-state index contributed by atoms with van der Waals surface area (Å²) >= 11 is 0. The van der Waals surface area contributed by atoms with E-state index in [0.717, 1.165) is 18.2 Å². The Labute approximate surface area is 74.0 Å². The Morgan fingerprint density at radius 3 is 2.58 bits per heavy atom. The Morgan fingerprint density at radius 1 is 1.25 bits per heavy atom. The molecule has 1 atom stereocenters. The van der Waals surface area contributed by atoms with Gasteiger partial charge >= 0.3 is 0 Å². The van der Waals surface area contributed by atoms with Crippen LogP contribution in [0.5, 0.6) is 0 Å². The maximum absolute atomic E-state index is 5.15. The standard InChI is InChI=1S/C10H17NO/c1-12-10-7-6-9(11-10)8-4-2-3-5-8/h8-9H,2-7H2,1H3. The lowest BCUT2D eigenvalue weighted by Crippen LogP contribution is -2.11. The van der Waals surface area contributed by atoms with Crippen molar-refractivity contribution in [2.45, 2.75) is 44.6 Å². The normalized spacial score (nSPS) is 30.8. The monoisotopic (exact) mass is 167 g/mol. The van der Waals surface area contributed by atoms with E-state index in [1.165, 1.54) is 32.1 Å². The van der Waals surface area contributed by atoms with Crippen molar-refractivity contribution in [1.29, 1.82) is 0 Å². The molecule has 2 rings (SSSR count). The molecule has 68 valence electrons. The summed E-state index contributed by atoms with van der Waals surface area (Å²) in [6, 6.07) is 0.599. The Morgan fingerprint density at radius 2 is 2.00 bits per heavy atom. The van der Waals surface area contributed by atoms with Gasteiger partial charge in [0.05, 0.1) is 13.2 Å². The van der Waals surface area contributed by atoms with Crippen LogP contribution in [0, 0.1) is 5.92 Å². The highest BCUT2D eigenvalue weighted by Crippen LogP contribution is 2.33. The number of rotatable bonds is 1. The minimum absolute atomic E-state index is 0.599. The van der Waals surface area contributed by atoms with Gasteiger partial charge in [0, 0.05) is 6.42 Å². The van der Waals surface area contributed by atoms with E-state index in [4.69, 9.17) is 4.74 Å². The van der Waals surface area contributed by atoms with Gasteiger partial charge in [-0.3, -0.25) is 4.99 Å². The van der Waals surface area contributed by atoms with Crippen molar-refractivity contribution in [3.8, 4) is 0 Å². The summed E-state index contributed by atoms with van der Waals surface area (Å²) in [5.41, 5.74) is 0. The topological polar surface area (TPSA) is 21.6 Å². The van der Waals surface area contributed by atoms with Crippen LogP contribution in [-0.2, 0) is 4.74 Å². The fourth-order valence-corrected chi connectivity index (χ4v) is 2.42. The van der Waals surface area contributed by atoms with Gasteiger partial charge in [-0.1, -0.05) is 12.8 Å². The van der Waals surface area contributed by atoms with Crippen LogP contribution in [0.3, 0.4) is 0 Å². The van der Waals surface area contributed by atoms with E-state index in [0.29, 0.717) is 6.04 Å². The summed E-state index contributed by atoms with van der Waals surface area (Å²) in [5, 5.41) is 0. The second-order valence-electron chi connectivity index (χ2n) is 3.88. The van der Waals surface area contributed by atoms with Crippen LogP contribution >= 0.6 is 0 Å². The van der Waals surface area contributed by atoms with Crippen LogP contribution in [0.2, 0.25) is 0 Å². The Bertz CT molecular complexity index is 182. The number of aliphatic imine (C=N–C) groups is 1. The van der Waals surface area contributed by atoms with Crippen molar-refractivity contribution in [2.75, 3.05) is 7.11 Å². The van der Waals surface area contributed by atoms with Crippen LogP contribution in [0.4, 0.5) is 0 Å². The molecular formula is C10H17NO. The summed E-state index contributed by atoms with van der Waals surface area (Å²) in [4.78, 5) is 4.58. The number of nitrogens with zero attached hydrogens (tertiary/aromatic N) is 1. The van der Waals surface area contributed by atoms with E-state index in [-0.39, 0.29) is 0 Å². The maximum atomic E-state index is 5.15. The average molecular weight is 167 g/mol. The number of methoxy groups -OCH3 is 1. The first-order chi connectivity index (χ1) is 5.90. The molecule has 0 aromatic heterocycles. The second kappa shape index (κ2) is 3.46. The number of ether oxygens (including phenoxy) is 1. The van der Waals surface area contributed by atoms with Gasteiger partial charge in [-0.25, -0.2) is 0 Å². The largest absolute Gasteiger partial charge is 0.484 e. The molecule has 1 saturated carbocycles. The van der Waals surface area contributed by atoms with Crippen LogP contribution in [0.25, 0.3) is 0 Å². The Hall–Kier alpha value is -0.530.